The molecule has 1 saturated heterocycles. The Morgan fingerprint density at radius 2 is 2.58 bits per heavy atom. The lowest BCUT2D eigenvalue weighted by Crippen LogP contribution is -2.40. The van der Waals surface area contributed by atoms with Crippen LogP contribution in [0.25, 0.3) is 0 Å². The first-order valence-electron chi connectivity index (χ1n) is 4.35. The van der Waals surface area contributed by atoms with Gasteiger partial charge in [-0.05, 0) is 19.8 Å². The standard InChI is InChI=1S/C8H16N2O2/c1-6(9)5-10-8(11)7-3-2-4-12-7/h6-7H,2-5,9H2,1H3,(H,10,11)/t6?,7-/m0/s1. The fourth-order valence-electron chi connectivity index (χ4n) is 1.16. The van der Waals surface area contributed by atoms with E-state index in [1.807, 2.05) is 6.92 Å². The minimum absolute atomic E-state index is 0.00959. The molecule has 0 spiro atoms. The van der Waals surface area contributed by atoms with Gasteiger partial charge in [0.15, 0.2) is 0 Å². The Labute approximate surface area is 72.5 Å². The molecule has 3 N–H and O–H groups in total. The van der Waals surface area contributed by atoms with Crippen LogP contribution in [0.1, 0.15) is 19.8 Å². The molecule has 70 valence electrons. The maximum absolute atomic E-state index is 11.3. The minimum atomic E-state index is -0.233. The molecule has 0 aliphatic carbocycles. The fraction of sp³-hybridized carbons (Fsp3) is 0.875. The van der Waals surface area contributed by atoms with Crippen LogP contribution in [-0.4, -0.2) is 31.2 Å². The number of nitrogens with one attached hydrogen (secondary N) is 1. The summed E-state index contributed by atoms with van der Waals surface area (Å²) in [4.78, 5) is 11.3. The van der Waals surface area contributed by atoms with Crippen LogP contribution in [-0.2, 0) is 9.53 Å². The van der Waals surface area contributed by atoms with Gasteiger partial charge in [-0.15, -0.1) is 0 Å². The average molecular weight is 172 g/mol. The van der Waals surface area contributed by atoms with Gasteiger partial charge < -0.3 is 15.8 Å². The van der Waals surface area contributed by atoms with Crippen molar-refractivity contribution in [3.05, 3.63) is 0 Å². The third-order valence-corrected chi connectivity index (χ3v) is 1.82. The number of amides is 1. The fourth-order valence-corrected chi connectivity index (χ4v) is 1.16. The van der Waals surface area contributed by atoms with Crippen molar-refractivity contribution < 1.29 is 9.53 Å². The smallest absolute Gasteiger partial charge is 0.249 e. The maximum atomic E-state index is 11.3. The molecule has 1 amide bonds. The molecule has 1 unspecified atom stereocenters. The molecule has 2 atom stereocenters. The molecule has 1 heterocycles. The van der Waals surface area contributed by atoms with Gasteiger partial charge in [0.1, 0.15) is 6.10 Å². The van der Waals surface area contributed by atoms with Gasteiger partial charge in [-0.1, -0.05) is 0 Å². The molecule has 1 aliphatic heterocycles. The van der Waals surface area contributed by atoms with Crippen molar-refractivity contribution >= 4 is 5.91 Å². The number of carbonyl (C=O) groups is 1. The van der Waals surface area contributed by atoms with Crippen LogP contribution in [0, 0.1) is 0 Å². The number of rotatable bonds is 3. The topological polar surface area (TPSA) is 64.3 Å². The molecule has 4 nitrogen and oxygen atoms in total. The normalized spacial score (nSPS) is 25.3. The van der Waals surface area contributed by atoms with Gasteiger partial charge in [-0.3, -0.25) is 4.79 Å². The van der Waals surface area contributed by atoms with Crippen molar-refractivity contribution in [3.8, 4) is 0 Å². The number of carbonyl (C=O) groups excluding carboxylic acids is 1. The first kappa shape index (κ1) is 9.48. The molecule has 0 aromatic carbocycles. The molecule has 12 heavy (non-hydrogen) atoms. The summed E-state index contributed by atoms with van der Waals surface area (Å²) in [5, 5.41) is 2.74. The zero-order chi connectivity index (χ0) is 8.97. The number of hydrogen-bond donors (Lipinski definition) is 2. The van der Waals surface area contributed by atoms with Crippen LogP contribution in [0.15, 0.2) is 0 Å². The second-order valence-electron chi connectivity index (χ2n) is 3.22. The molecule has 0 aromatic heterocycles. The molecule has 0 saturated carbocycles. The van der Waals surface area contributed by atoms with Gasteiger partial charge in [-0.2, -0.15) is 0 Å². The largest absolute Gasteiger partial charge is 0.368 e. The Balaban J connectivity index is 2.18. The first-order valence-corrected chi connectivity index (χ1v) is 4.35. The van der Waals surface area contributed by atoms with E-state index < -0.39 is 0 Å². The molecule has 1 aliphatic rings. The quantitative estimate of drug-likeness (QED) is 0.610. The Morgan fingerprint density at radius 3 is 3.08 bits per heavy atom. The van der Waals surface area contributed by atoms with E-state index in [-0.39, 0.29) is 18.1 Å². The number of nitrogens with two attached hydrogens (primary N) is 1. The summed E-state index contributed by atoms with van der Waals surface area (Å²) in [5.41, 5.74) is 5.48. The highest BCUT2D eigenvalue weighted by molar-refractivity contribution is 5.80. The lowest BCUT2D eigenvalue weighted by Gasteiger charge is -2.11. The van der Waals surface area contributed by atoms with E-state index >= 15 is 0 Å². The maximum Gasteiger partial charge on any atom is 0.249 e. The van der Waals surface area contributed by atoms with Gasteiger partial charge in [-0.25, -0.2) is 0 Å². The summed E-state index contributed by atoms with van der Waals surface area (Å²) in [6, 6.07) is 0.00959. The van der Waals surface area contributed by atoms with Crippen LogP contribution in [0.2, 0.25) is 0 Å². The van der Waals surface area contributed by atoms with Gasteiger partial charge in [0, 0.05) is 19.2 Å². The first-order chi connectivity index (χ1) is 5.70. The molecule has 0 radical (unpaired) electrons. The second kappa shape index (κ2) is 4.42. The van der Waals surface area contributed by atoms with Gasteiger partial charge in [0.25, 0.3) is 0 Å². The predicted molar refractivity (Wildman–Crippen MR) is 45.6 cm³/mol. The van der Waals surface area contributed by atoms with Crippen LogP contribution < -0.4 is 11.1 Å². The Bertz CT molecular complexity index is 153. The molecule has 1 rings (SSSR count). The Kier molecular flexibility index (Phi) is 3.49. The van der Waals surface area contributed by atoms with E-state index in [4.69, 9.17) is 10.5 Å². The van der Waals surface area contributed by atoms with E-state index in [1.165, 1.54) is 0 Å². The summed E-state index contributed by atoms with van der Waals surface area (Å²) < 4.78 is 5.19. The van der Waals surface area contributed by atoms with E-state index in [1.54, 1.807) is 0 Å². The average Bonchev–Trinajstić information content (AvgIpc) is 2.51. The lowest BCUT2D eigenvalue weighted by molar-refractivity contribution is -0.130. The molecule has 1 fully saturated rings. The van der Waals surface area contributed by atoms with Crippen LogP contribution in [0.3, 0.4) is 0 Å². The van der Waals surface area contributed by atoms with E-state index in [0.717, 1.165) is 12.8 Å². The van der Waals surface area contributed by atoms with Crippen molar-refractivity contribution in [1.82, 2.24) is 5.32 Å². The highest BCUT2D eigenvalue weighted by Crippen LogP contribution is 2.11. The summed E-state index contributed by atoms with van der Waals surface area (Å²) in [5.74, 6) is -0.0233. The monoisotopic (exact) mass is 172 g/mol. The van der Waals surface area contributed by atoms with E-state index in [0.29, 0.717) is 13.2 Å². The highest BCUT2D eigenvalue weighted by atomic mass is 16.5. The van der Waals surface area contributed by atoms with Crippen molar-refractivity contribution in [2.75, 3.05) is 13.2 Å². The number of hydrogen-bond acceptors (Lipinski definition) is 3. The SMILES string of the molecule is CC(N)CNC(=O)[C@@H]1CCCO1. The van der Waals surface area contributed by atoms with Crippen molar-refractivity contribution in [2.24, 2.45) is 5.73 Å². The third-order valence-electron chi connectivity index (χ3n) is 1.82. The lowest BCUT2D eigenvalue weighted by atomic mass is 10.2. The second-order valence-corrected chi connectivity index (χ2v) is 3.22. The summed E-state index contributed by atoms with van der Waals surface area (Å²) in [6.07, 6.45) is 1.59. The van der Waals surface area contributed by atoms with Crippen LogP contribution in [0.5, 0.6) is 0 Å². The molecule has 0 bridgehead atoms. The Hall–Kier alpha value is -0.610. The van der Waals surface area contributed by atoms with Crippen LogP contribution in [0.4, 0.5) is 0 Å². The van der Waals surface area contributed by atoms with E-state index in [2.05, 4.69) is 5.32 Å². The zero-order valence-electron chi connectivity index (χ0n) is 7.38. The number of ether oxygens (including phenoxy) is 1. The van der Waals surface area contributed by atoms with Gasteiger partial charge in [0.2, 0.25) is 5.91 Å². The Morgan fingerprint density at radius 1 is 1.83 bits per heavy atom. The predicted octanol–water partition coefficient (Wildman–Crippen LogP) is -0.371. The van der Waals surface area contributed by atoms with Crippen LogP contribution >= 0.6 is 0 Å². The molecular formula is C8H16N2O2. The molecular weight excluding hydrogens is 156 g/mol. The van der Waals surface area contributed by atoms with Crippen molar-refractivity contribution in [1.29, 1.82) is 0 Å². The van der Waals surface area contributed by atoms with Crippen molar-refractivity contribution in [3.63, 3.8) is 0 Å². The van der Waals surface area contributed by atoms with Crippen molar-refractivity contribution in [2.45, 2.75) is 31.9 Å². The summed E-state index contributed by atoms with van der Waals surface area (Å²) in [7, 11) is 0. The van der Waals surface area contributed by atoms with Gasteiger partial charge >= 0.3 is 0 Å². The molecule has 4 heteroatoms. The molecule has 0 aromatic rings. The summed E-state index contributed by atoms with van der Waals surface area (Å²) >= 11 is 0. The summed E-state index contributed by atoms with van der Waals surface area (Å²) in [6.45, 7) is 3.09. The third kappa shape index (κ3) is 2.79. The van der Waals surface area contributed by atoms with E-state index in [9.17, 15) is 4.79 Å². The minimum Gasteiger partial charge on any atom is -0.368 e. The zero-order valence-corrected chi connectivity index (χ0v) is 7.38. The van der Waals surface area contributed by atoms with Gasteiger partial charge in [0.05, 0.1) is 0 Å². The highest BCUT2D eigenvalue weighted by Gasteiger charge is 2.22.